The van der Waals surface area contributed by atoms with Crippen molar-refractivity contribution in [2.75, 3.05) is 17.2 Å². The minimum absolute atomic E-state index is 0.0223. The van der Waals surface area contributed by atoms with Gasteiger partial charge >= 0.3 is 0 Å². The normalized spacial score (nSPS) is 21.1. The molecule has 2 heterocycles. The number of carbonyl (C=O) groups is 1. The first-order valence-electron chi connectivity index (χ1n) is 6.10. The van der Waals surface area contributed by atoms with E-state index in [0.717, 1.165) is 10.2 Å². The summed E-state index contributed by atoms with van der Waals surface area (Å²) in [6, 6.07) is 4.83. The molecule has 0 spiro atoms. The van der Waals surface area contributed by atoms with Crippen LogP contribution in [0.15, 0.2) is 18.2 Å². The van der Waals surface area contributed by atoms with E-state index < -0.39 is 9.84 Å². The Balaban J connectivity index is 1.78. The third-order valence-electron chi connectivity index (χ3n) is 3.23. The SMILES string of the molecule is Nc1nc2ccc(C(=O)NC3CCS(=O)(=O)C3)cc2s1. The summed E-state index contributed by atoms with van der Waals surface area (Å²) in [5, 5.41) is 3.21. The summed E-state index contributed by atoms with van der Waals surface area (Å²) in [6.45, 7) is 0. The zero-order valence-electron chi connectivity index (χ0n) is 10.5. The lowest BCUT2D eigenvalue weighted by Gasteiger charge is -2.10. The number of thiazole rings is 1. The van der Waals surface area contributed by atoms with Crippen LogP contribution in [0, 0.1) is 0 Å². The second-order valence-corrected chi connectivity index (χ2v) is 8.10. The number of nitrogens with one attached hydrogen (secondary N) is 1. The second kappa shape index (κ2) is 4.71. The number of anilines is 1. The maximum Gasteiger partial charge on any atom is 0.251 e. The van der Waals surface area contributed by atoms with Crippen LogP contribution in [-0.4, -0.2) is 36.9 Å². The van der Waals surface area contributed by atoms with Gasteiger partial charge in [0.2, 0.25) is 0 Å². The minimum atomic E-state index is -2.99. The van der Waals surface area contributed by atoms with E-state index in [0.29, 0.717) is 17.1 Å². The molecule has 0 saturated carbocycles. The maximum atomic E-state index is 12.1. The van der Waals surface area contributed by atoms with Crippen LogP contribution in [0.1, 0.15) is 16.8 Å². The molecule has 3 rings (SSSR count). The number of amides is 1. The lowest BCUT2D eigenvalue weighted by Crippen LogP contribution is -2.35. The van der Waals surface area contributed by atoms with E-state index in [-0.39, 0.29) is 23.5 Å². The van der Waals surface area contributed by atoms with Crippen LogP contribution in [0.4, 0.5) is 5.13 Å². The van der Waals surface area contributed by atoms with Gasteiger partial charge < -0.3 is 11.1 Å². The molecule has 1 saturated heterocycles. The first-order valence-corrected chi connectivity index (χ1v) is 8.74. The van der Waals surface area contributed by atoms with E-state index in [9.17, 15) is 13.2 Å². The van der Waals surface area contributed by atoms with Gasteiger partial charge in [0.25, 0.3) is 5.91 Å². The number of aromatic nitrogens is 1. The summed E-state index contributed by atoms with van der Waals surface area (Å²) in [6.07, 6.45) is 0.476. The van der Waals surface area contributed by atoms with E-state index in [2.05, 4.69) is 10.3 Å². The topological polar surface area (TPSA) is 102 Å². The number of sulfone groups is 1. The predicted molar refractivity (Wildman–Crippen MR) is 78.6 cm³/mol. The van der Waals surface area contributed by atoms with Gasteiger partial charge in [-0.2, -0.15) is 0 Å². The van der Waals surface area contributed by atoms with Gasteiger partial charge in [-0.25, -0.2) is 13.4 Å². The lowest BCUT2D eigenvalue weighted by atomic mass is 10.2. The van der Waals surface area contributed by atoms with Gasteiger partial charge in [0.1, 0.15) is 0 Å². The van der Waals surface area contributed by atoms with Gasteiger partial charge in [-0.1, -0.05) is 11.3 Å². The highest BCUT2D eigenvalue weighted by atomic mass is 32.2. The van der Waals surface area contributed by atoms with Crippen LogP contribution in [0.5, 0.6) is 0 Å². The van der Waals surface area contributed by atoms with Gasteiger partial charge in [-0.3, -0.25) is 4.79 Å². The minimum Gasteiger partial charge on any atom is -0.375 e. The third kappa shape index (κ3) is 2.61. The van der Waals surface area contributed by atoms with Crippen molar-refractivity contribution in [3.8, 4) is 0 Å². The summed E-state index contributed by atoms with van der Waals surface area (Å²) in [4.78, 5) is 16.2. The molecular formula is C12H13N3O3S2. The molecule has 2 aromatic rings. The highest BCUT2D eigenvalue weighted by Gasteiger charge is 2.29. The molecule has 6 nitrogen and oxygen atoms in total. The summed E-state index contributed by atoms with van der Waals surface area (Å²) >= 11 is 1.32. The number of nitrogen functional groups attached to an aromatic ring is 1. The van der Waals surface area contributed by atoms with Crippen LogP contribution < -0.4 is 11.1 Å². The predicted octanol–water partition coefficient (Wildman–Crippen LogP) is 0.795. The van der Waals surface area contributed by atoms with Crippen LogP contribution in [-0.2, 0) is 9.84 Å². The summed E-state index contributed by atoms with van der Waals surface area (Å²) in [7, 11) is -2.99. The Kier molecular flexibility index (Phi) is 3.14. The molecule has 106 valence electrons. The molecule has 0 aliphatic carbocycles. The molecule has 1 amide bonds. The highest BCUT2D eigenvalue weighted by molar-refractivity contribution is 7.91. The van der Waals surface area contributed by atoms with Crippen LogP contribution in [0.3, 0.4) is 0 Å². The van der Waals surface area contributed by atoms with Crippen molar-refractivity contribution in [2.45, 2.75) is 12.5 Å². The molecule has 0 radical (unpaired) electrons. The Labute approximate surface area is 119 Å². The summed E-state index contributed by atoms with van der Waals surface area (Å²) in [5.74, 6) is -0.0994. The van der Waals surface area contributed by atoms with Crippen molar-refractivity contribution in [1.29, 1.82) is 0 Å². The second-order valence-electron chi connectivity index (χ2n) is 4.81. The molecule has 1 unspecified atom stereocenters. The fraction of sp³-hybridized carbons (Fsp3) is 0.333. The van der Waals surface area contributed by atoms with Crippen molar-refractivity contribution in [1.82, 2.24) is 10.3 Å². The Bertz CT molecular complexity index is 782. The molecule has 20 heavy (non-hydrogen) atoms. The first-order chi connectivity index (χ1) is 9.43. The number of nitrogens with zero attached hydrogens (tertiary/aromatic N) is 1. The fourth-order valence-corrected chi connectivity index (χ4v) is 4.71. The number of hydrogen-bond donors (Lipinski definition) is 2. The Morgan fingerprint density at radius 2 is 2.25 bits per heavy atom. The number of rotatable bonds is 2. The molecule has 1 fully saturated rings. The fourth-order valence-electron chi connectivity index (χ4n) is 2.26. The molecule has 1 aliphatic heterocycles. The van der Waals surface area contributed by atoms with Gasteiger partial charge in [-0.15, -0.1) is 0 Å². The maximum absolute atomic E-state index is 12.1. The van der Waals surface area contributed by atoms with Crippen molar-refractivity contribution in [2.24, 2.45) is 0 Å². The molecule has 0 bridgehead atoms. The Morgan fingerprint density at radius 3 is 2.95 bits per heavy atom. The van der Waals surface area contributed by atoms with Gasteiger partial charge in [0, 0.05) is 11.6 Å². The molecule has 1 aliphatic rings. The third-order valence-corrected chi connectivity index (χ3v) is 5.85. The van der Waals surface area contributed by atoms with E-state index in [4.69, 9.17) is 5.73 Å². The molecule has 1 aromatic carbocycles. The van der Waals surface area contributed by atoms with Crippen LogP contribution in [0.2, 0.25) is 0 Å². The number of carbonyl (C=O) groups excluding carboxylic acids is 1. The number of benzene rings is 1. The standard InChI is InChI=1S/C12H13N3O3S2/c13-12-15-9-2-1-7(5-10(9)19-12)11(16)14-8-3-4-20(17,18)6-8/h1-2,5,8H,3-4,6H2,(H2,13,15)(H,14,16). The smallest absolute Gasteiger partial charge is 0.251 e. The quantitative estimate of drug-likeness (QED) is 0.854. The van der Waals surface area contributed by atoms with E-state index in [1.807, 2.05) is 0 Å². The zero-order valence-corrected chi connectivity index (χ0v) is 12.1. The Morgan fingerprint density at radius 1 is 1.45 bits per heavy atom. The molecule has 3 N–H and O–H groups in total. The van der Waals surface area contributed by atoms with E-state index >= 15 is 0 Å². The van der Waals surface area contributed by atoms with E-state index in [1.165, 1.54) is 11.3 Å². The van der Waals surface area contributed by atoms with Crippen molar-refractivity contribution < 1.29 is 13.2 Å². The average molecular weight is 311 g/mol. The number of nitrogens with two attached hydrogens (primary N) is 1. The lowest BCUT2D eigenvalue weighted by molar-refractivity contribution is 0.0941. The number of hydrogen-bond acceptors (Lipinski definition) is 6. The molecule has 1 aromatic heterocycles. The van der Waals surface area contributed by atoms with Crippen LogP contribution >= 0.6 is 11.3 Å². The summed E-state index contributed by atoms with van der Waals surface area (Å²) in [5.41, 5.74) is 6.87. The first kappa shape index (κ1) is 13.3. The highest BCUT2D eigenvalue weighted by Crippen LogP contribution is 2.24. The van der Waals surface area contributed by atoms with Gasteiger partial charge in [0.05, 0.1) is 21.7 Å². The monoisotopic (exact) mass is 311 g/mol. The van der Waals surface area contributed by atoms with Crippen molar-refractivity contribution in [3.05, 3.63) is 23.8 Å². The largest absolute Gasteiger partial charge is 0.375 e. The molecule has 8 heteroatoms. The van der Waals surface area contributed by atoms with Gasteiger partial charge in [-0.05, 0) is 24.6 Å². The van der Waals surface area contributed by atoms with E-state index in [1.54, 1.807) is 18.2 Å². The molecular weight excluding hydrogens is 298 g/mol. The van der Waals surface area contributed by atoms with Crippen LogP contribution in [0.25, 0.3) is 10.2 Å². The zero-order chi connectivity index (χ0) is 14.3. The average Bonchev–Trinajstić information content (AvgIpc) is 2.89. The van der Waals surface area contributed by atoms with Crippen molar-refractivity contribution >= 4 is 42.4 Å². The summed E-state index contributed by atoms with van der Waals surface area (Å²) < 4.78 is 23.6. The number of fused-ring (bicyclic) bond motifs is 1. The van der Waals surface area contributed by atoms with Crippen molar-refractivity contribution in [3.63, 3.8) is 0 Å². The van der Waals surface area contributed by atoms with Gasteiger partial charge in [0.15, 0.2) is 15.0 Å². The molecule has 1 atom stereocenters. The Hall–Kier alpha value is -1.67.